The number of thiazole rings is 1. The van der Waals surface area contributed by atoms with E-state index in [1.54, 1.807) is 29.5 Å². The fourth-order valence-corrected chi connectivity index (χ4v) is 4.18. The molecule has 0 radical (unpaired) electrons. The number of hydrogen-bond donors (Lipinski definition) is 1. The molecule has 0 amide bonds. The van der Waals surface area contributed by atoms with Gasteiger partial charge in [-0.3, -0.25) is 0 Å². The van der Waals surface area contributed by atoms with E-state index >= 15 is 0 Å². The summed E-state index contributed by atoms with van der Waals surface area (Å²) in [6, 6.07) is 9.83. The highest BCUT2D eigenvalue weighted by Gasteiger charge is 2.22. The van der Waals surface area contributed by atoms with Crippen LogP contribution < -0.4 is 4.90 Å². The first-order chi connectivity index (χ1) is 11.2. The van der Waals surface area contributed by atoms with Gasteiger partial charge in [-0.15, -0.1) is 0 Å². The van der Waals surface area contributed by atoms with Crippen molar-refractivity contribution in [3.8, 4) is 0 Å². The van der Waals surface area contributed by atoms with Crippen molar-refractivity contribution in [3.63, 3.8) is 0 Å². The van der Waals surface area contributed by atoms with Gasteiger partial charge >= 0.3 is 5.97 Å². The van der Waals surface area contributed by atoms with Crippen molar-refractivity contribution in [3.05, 3.63) is 48.3 Å². The van der Waals surface area contributed by atoms with Crippen molar-refractivity contribution in [2.24, 2.45) is 0 Å². The van der Waals surface area contributed by atoms with Crippen LogP contribution in [0.25, 0.3) is 10.2 Å². The molecular weight excluding hydrogens is 310 g/mol. The van der Waals surface area contributed by atoms with Gasteiger partial charge in [0.2, 0.25) is 0 Å². The zero-order valence-corrected chi connectivity index (χ0v) is 13.4. The van der Waals surface area contributed by atoms with Crippen LogP contribution in [0.4, 0.5) is 5.13 Å². The average Bonchev–Trinajstić information content (AvgIpc) is 3.23. The van der Waals surface area contributed by atoms with E-state index in [1.807, 2.05) is 0 Å². The van der Waals surface area contributed by atoms with Gasteiger partial charge in [0.1, 0.15) is 0 Å². The van der Waals surface area contributed by atoms with E-state index in [0.29, 0.717) is 11.6 Å². The van der Waals surface area contributed by atoms with E-state index in [4.69, 9.17) is 5.11 Å². The van der Waals surface area contributed by atoms with Crippen LogP contribution >= 0.6 is 11.3 Å². The smallest absolute Gasteiger partial charge is 0.335 e. The lowest BCUT2D eigenvalue weighted by Gasteiger charge is -2.32. The molecule has 0 saturated carbocycles. The van der Waals surface area contributed by atoms with Crippen molar-refractivity contribution in [2.75, 3.05) is 18.0 Å². The van der Waals surface area contributed by atoms with E-state index in [1.165, 1.54) is 0 Å². The summed E-state index contributed by atoms with van der Waals surface area (Å²) in [4.78, 5) is 18.1. The molecule has 3 aromatic rings. The third kappa shape index (κ3) is 2.70. The van der Waals surface area contributed by atoms with Crippen LogP contribution in [0.1, 0.15) is 29.2 Å². The number of anilines is 1. The Morgan fingerprint density at radius 3 is 2.65 bits per heavy atom. The first-order valence-electron chi connectivity index (χ1n) is 7.72. The van der Waals surface area contributed by atoms with Gasteiger partial charge in [0.15, 0.2) is 5.13 Å². The van der Waals surface area contributed by atoms with E-state index in [-0.39, 0.29) is 0 Å². The van der Waals surface area contributed by atoms with Crippen LogP contribution in [0.15, 0.2) is 42.7 Å². The van der Waals surface area contributed by atoms with Crippen LogP contribution in [0.3, 0.4) is 0 Å². The van der Waals surface area contributed by atoms with Crippen molar-refractivity contribution >= 4 is 32.7 Å². The summed E-state index contributed by atoms with van der Waals surface area (Å²) < 4.78 is 3.22. The molecule has 0 unspecified atom stereocenters. The number of fused-ring (bicyclic) bond motifs is 1. The van der Waals surface area contributed by atoms with Gasteiger partial charge in [0, 0.05) is 31.5 Å². The minimum atomic E-state index is -0.894. The topological polar surface area (TPSA) is 58.4 Å². The number of benzene rings is 1. The fourth-order valence-electron chi connectivity index (χ4n) is 3.13. The average molecular weight is 327 g/mol. The van der Waals surface area contributed by atoms with E-state index in [2.05, 4.69) is 39.0 Å². The molecule has 0 spiro atoms. The number of carboxylic acids is 1. The molecule has 1 aliphatic heterocycles. The maximum atomic E-state index is 11.1. The lowest BCUT2D eigenvalue weighted by atomic mass is 10.1. The zero-order valence-electron chi connectivity index (χ0n) is 12.6. The molecule has 4 rings (SSSR count). The predicted molar refractivity (Wildman–Crippen MR) is 91.5 cm³/mol. The molecule has 1 N–H and O–H groups in total. The highest BCUT2D eigenvalue weighted by atomic mass is 32.1. The number of aromatic carboxylic acids is 1. The number of piperidine rings is 1. The van der Waals surface area contributed by atoms with Gasteiger partial charge < -0.3 is 14.6 Å². The molecule has 0 bridgehead atoms. The standard InChI is InChI=1S/C17H17N3O2S/c21-16(22)12-3-4-14-15(11-12)23-17(18-14)20-9-5-13(6-10-20)19-7-1-2-8-19/h1-4,7-8,11,13H,5-6,9-10H2,(H,21,22). The van der Waals surface area contributed by atoms with Crippen molar-refractivity contribution < 1.29 is 9.90 Å². The minimum Gasteiger partial charge on any atom is -0.478 e. The van der Waals surface area contributed by atoms with Crippen LogP contribution in [0.2, 0.25) is 0 Å². The maximum Gasteiger partial charge on any atom is 0.335 e. The summed E-state index contributed by atoms with van der Waals surface area (Å²) in [7, 11) is 0. The van der Waals surface area contributed by atoms with Gasteiger partial charge in [0.05, 0.1) is 15.8 Å². The second-order valence-electron chi connectivity index (χ2n) is 5.83. The van der Waals surface area contributed by atoms with E-state index < -0.39 is 5.97 Å². The Hall–Kier alpha value is -2.34. The molecule has 1 aliphatic rings. The third-order valence-electron chi connectivity index (χ3n) is 4.41. The number of nitrogens with zero attached hydrogens (tertiary/aromatic N) is 3. The van der Waals surface area contributed by atoms with Crippen LogP contribution in [-0.2, 0) is 0 Å². The number of aromatic nitrogens is 2. The molecule has 6 heteroatoms. The minimum absolute atomic E-state index is 0.319. The number of rotatable bonds is 3. The van der Waals surface area contributed by atoms with Crippen LogP contribution in [0.5, 0.6) is 0 Å². The second kappa shape index (κ2) is 5.70. The number of hydrogen-bond acceptors (Lipinski definition) is 4. The van der Waals surface area contributed by atoms with Gasteiger partial charge in [-0.05, 0) is 43.2 Å². The Kier molecular flexibility index (Phi) is 3.53. The molecule has 1 aromatic carbocycles. The van der Waals surface area contributed by atoms with Gasteiger partial charge in [-0.25, -0.2) is 9.78 Å². The molecule has 0 aliphatic carbocycles. The van der Waals surface area contributed by atoms with Crippen molar-refractivity contribution in [2.45, 2.75) is 18.9 Å². The monoisotopic (exact) mass is 327 g/mol. The molecule has 2 aromatic heterocycles. The highest BCUT2D eigenvalue weighted by Crippen LogP contribution is 2.33. The third-order valence-corrected chi connectivity index (χ3v) is 5.49. The van der Waals surface area contributed by atoms with Gasteiger partial charge in [0.25, 0.3) is 0 Å². The largest absolute Gasteiger partial charge is 0.478 e. The van der Waals surface area contributed by atoms with E-state index in [9.17, 15) is 4.79 Å². The molecular formula is C17H17N3O2S. The Balaban J connectivity index is 1.52. The first-order valence-corrected chi connectivity index (χ1v) is 8.53. The van der Waals surface area contributed by atoms with Gasteiger partial charge in [-0.2, -0.15) is 0 Å². The lowest BCUT2D eigenvalue weighted by Crippen LogP contribution is -2.34. The molecule has 0 atom stereocenters. The predicted octanol–water partition coefficient (Wildman–Crippen LogP) is 3.64. The fraction of sp³-hybridized carbons (Fsp3) is 0.294. The quantitative estimate of drug-likeness (QED) is 0.798. The maximum absolute atomic E-state index is 11.1. The van der Waals surface area contributed by atoms with Crippen molar-refractivity contribution in [1.29, 1.82) is 0 Å². The van der Waals surface area contributed by atoms with E-state index in [0.717, 1.165) is 41.3 Å². The molecule has 23 heavy (non-hydrogen) atoms. The molecule has 5 nitrogen and oxygen atoms in total. The summed E-state index contributed by atoms with van der Waals surface area (Å²) in [5.74, 6) is -0.894. The summed E-state index contributed by atoms with van der Waals surface area (Å²) >= 11 is 1.58. The molecule has 1 saturated heterocycles. The Bertz CT molecular complexity index is 833. The normalized spacial score (nSPS) is 16.1. The van der Waals surface area contributed by atoms with Crippen LogP contribution in [-0.4, -0.2) is 33.7 Å². The first kappa shape index (κ1) is 14.3. The van der Waals surface area contributed by atoms with Gasteiger partial charge in [-0.1, -0.05) is 11.3 Å². The highest BCUT2D eigenvalue weighted by molar-refractivity contribution is 7.22. The van der Waals surface area contributed by atoms with Crippen molar-refractivity contribution in [1.82, 2.24) is 9.55 Å². The SMILES string of the molecule is O=C(O)c1ccc2nc(N3CCC(n4cccc4)CC3)sc2c1. The summed E-state index contributed by atoms with van der Waals surface area (Å²) in [5, 5.41) is 10.1. The summed E-state index contributed by atoms with van der Waals surface area (Å²) in [5.41, 5.74) is 1.20. The Morgan fingerprint density at radius 2 is 1.96 bits per heavy atom. The second-order valence-corrected chi connectivity index (χ2v) is 6.84. The lowest BCUT2D eigenvalue weighted by molar-refractivity contribution is 0.0697. The summed E-state index contributed by atoms with van der Waals surface area (Å²) in [6.45, 7) is 1.96. The Labute approximate surface area is 137 Å². The number of carbonyl (C=O) groups is 1. The Morgan fingerprint density at radius 1 is 1.22 bits per heavy atom. The van der Waals surface area contributed by atoms with Crippen LogP contribution in [0, 0.1) is 0 Å². The zero-order chi connectivity index (χ0) is 15.8. The molecule has 1 fully saturated rings. The molecule has 3 heterocycles. The molecule has 118 valence electrons. The number of carboxylic acid groups (broad SMARTS) is 1. The summed E-state index contributed by atoms with van der Waals surface area (Å²) in [6.07, 6.45) is 6.47.